The van der Waals surface area contributed by atoms with Gasteiger partial charge in [0.05, 0.1) is 126 Å². The number of carbonyl (C=O) groups is 2. The summed E-state index contributed by atoms with van der Waals surface area (Å²) < 4.78 is 58.5. The van der Waals surface area contributed by atoms with E-state index in [2.05, 4.69) is 6.92 Å². The Labute approximate surface area is 250 Å². The van der Waals surface area contributed by atoms with Crippen molar-refractivity contribution in [1.29, 1.82) is 0 Å². The molecule has 0 fully saturated rings. The summed E-state index contributed by atoms with van der Waals surface area (Å²) in [6.45, 7) is 10.5. The largest absolute Gasteiger partial charge is 0.480 e. The van der Waals surface area contributed by atoms with Gasteiger partial charge in [0, 0.05) is 6.42 Å². The highest BCUT2D eigenvalue weighted by Gasteiger charge is 2.02. The van der Waals surface area contributed by atoms with E-state index in [-0.39, 0.29) is 25.8 Å². The monoisotopic (exact) mass is 614 g/mol. The molecule has 0 radical (unpaired) electrons. The minimum Gasteiger partial charge on any atom is -0.480 e. The summed E-state index contributed by atoms with van der Waals surface area (Å²) in [7, 11) is 0. The fourth-order valence-electron chi connectivity index (χ4n) is 2.94. The van der Waals surface area contributed by atoms with E-state index in [1.165, 1.54) is 0 Å². The SMILES string of the molecule is CCCCCC(=O)OCCOCCOCCOCCOCCOCCOCCOCCOCCOCCOCC(=O)O. The van der Waals surface area contributed by atoms with Gasteiger partial charge in [-0.2, -0.15) is 0 Å². The van der Waals surface area contributed by atoms with Crippen LogP contribution in [0.25, 0.3) is 0 Å². The molecule has 0 aliphatic carbocycles. The second kappa shape index (κ2) is 35.7. The van der Waals surface area contributed by atoms with Gasteiger partial charge in [-0.1, -0.05) is 19.8 Å². The summed E-state index contributed by atoms with van der Waals surface area (Å²) in [5, 5.41) is 8.41. The van der Waals surface area contributed by atoms with Crippen LogP contribution in [-0.2, 0) is 61.7 Å². The van der Waals surface area contributed by atoms with E-state index in [1.54, 1.807) is 0 Å². The van der Waals surface area contributed by atoms with Crippen molar-refractivity contribution < 1.29 is 66.8 Å². The molecule has 0 rings (SSSR count). The maximum absolute atomic E-state index is 11.4. The van der Waals surface area contributed by atoms with Gasteiger partial charge in [0.2, 0.25) is 0 Å². The third-order valence-electron chi connectivity index (χ3n) is 5.05. The van der Waals surface area contributed by atoms with E-state index in [0.717, 1.165) is 19.3 Å². The number of carbonyl (C=O) groups excluding carboxylic acids is 1. The normalized spacial score (nSPS) is 11.3. The quantitative estimate of drug-likeness (QED) is 0.0797. The molecule has 0 heterocycles. The lowest BCUT2D eigenvalue weighted by atomic mass is 10.2. The molecule has 0 aromatic carbocycles. The second-order valence-corrected chi connectivity index (χ2v) is 8.64. The van der Waals surface area contributed by atoms with Crippen LogP contribution in [-0.4, -0.2) is 156 Å². The van der Waals surface area contributed by atoms with E-state index in [4.69, 9.17) is 57.2 Å². The van der Waals surface area contributed by atoms with Gasteiger partial charge in [-0.05, 0) is 6.42 Å². The number of hydrogen-bond acceptors (Lipinski definition) is 13. The number of carboxylic acids is 1. The standard InChI is InChI=1S/C28H54O14/c1-2-3-4-5-28(31)42-25-24-40-21-20-38-17-16-36-13-12-34-9-8-32-6-7-33-10-11-35-14-15-37-18-19-39-22-23-41-26-27(29)30/h2-26H2,1H3,(H,29,30). The molecule has 0 saturated heterocycles. The number of carboxylic acid groups (broad SMARTS) is 1. The molecule has 1 N–H and O–H groups in total. The highest BCUT2D eigenvalue weighted by Crippen LogP contribution is 2.00. The average Bonchev–Trinajstić information content (AvgIpc) is 2.97. The number of hydrogen-bond donors (Lipinski definition) is 1. The van der Waals surface area contributed by atoms with E-state index < -0.39 is 5.97 Å². The molecule has 0 amide bonds. The van der Waals surface area contributed by atoms with Crippen LogP contribution in [0.1, 0.15) is 32.6 Å². The number of unbranched alkanes of at least 4 members (excludes halogenated alkanes) is 2. The summed E-state index contributed by atoms with van der Waals surface area (Å²) >= 11 is 0. The van der Waals surface area contributed by atoms with Crippen LogP contribution in [0.15, 0.2) is 0 Å². The van der Waals surface area contributed by atoms with Gasteiger partial charge in [0.1, 0.15) is 13.2 Å². The lowest BCUT2D eigenvalue weighted by molar-refractivity contribution is -0.145. The Balaban J connectivity index is 3.08. The second-order valence-electron chi connectivity index (χ2n) is 8.64. The molecule has 250 valence electrons. The highest BCUT2D eigenvalue weighted by molar-refractivity contribution is 5.69. The van der Waals surface area contributed by atoms with Gasteiger partial charge in [0.25, 0.3) is 0 Å². The van der Waals surface area contributed by atoms with Crippen molar-refractivity contribution in [2.45, 2.75) is 32.6 Å². The average molecular weight is 615 g/mol. The highest BCUT2D eigenvalue weighted by atomic mass is 16.6. The lowest BCUT2D eigenvalue weighted by Crippen LogP contribution is -2.16. The molecule has 0 atom stereocenters. The molecule has 0 spiro atoms. The Morgan fingerprint density at radius 3 is 1.00 bits per heavy atom. The molecule has 0 aromatic rings. The van der Waals surface area contributed by atoms with Gasteiger partial charge >= 0.3 is 11.9 Å². The molecular formula is C28H54O14. The summed E-state index contributed by atoms with van der Waals surface area (Å²) in [6.07, 6.45) is 3.48. The van der Waals surface area contributed by atoms with E-state index in [1.807, 2.05) is 0 Å². The Kier molecular flexibility index (Phi) is 34.5. The number of aliphatic carboxylic acids is 1. The minimum absolute atomic E-state index is 0.165. The predicted molar refractivity (Wildman–Crippen MR) is 151 cm³/mol. The topological polar surface area (TPSA) is 156 Å². The first kappa shape index (κ1) is 40.5. The zero-order valence-electron chi connectivity index (χ0n) is 25.4. The molecule has 0 bridgehead atoms. The predicted octanol–water partition coefficient (Wildman–Crippen LogP) is 1.36. The summed E-state index contributed by atoms with van der Waals surface area (Å²) in [5.41, 5.74) is 0. The molecule has 0 aliphatic rings. The van der Waals surface area contributed by atoms with Gasteiger partial charge < -0.3 is 57.2 Å². The van der Waals surface area contributed by atoms with E-state index in [9.17, 15) is 9.59 Å². The van der Waals surface area contributed by atoms with Crippen molar-refractivity contribution in [2.24, 2.45) is 0 Å². The Bertz CT molecular complexity index is 567. The van der Waals surface area contributed by atoms with Gasteiger partial charge in [-0.15, -0.1) is 0 Å². The molecule has 0 aliphatic heterocycles. The number of rotatable bonds is 36. The fraction of sp³-hybridized carbons (Fsp3) is 0.929. The smallest absolute Gasteiger partial charge is 0.329 e. The fourth-order valence-corrected chi connectivity index (χ4v) is 2.94. The van der Waals surface area contributed by atoms with Crippen LogP contribution >= 0.6 is 0 Å². The van der Waals surface area contributed by atoms with Crippen molar-refractivity contribution in [1.82, 2.24) is 0 Å². The van der Waals surface area contributed by atoms with Crippen molar-refractivity contribution in [2.75, 3.05) is 139 Å². The molecule has 14 heteroatoms. The van der Waals surface area contributed by atoms with E-state index >= 15 is 0 Å². The van der Waals surface area contributed by atoms with Crippen LogP contribution in [0.5, 0.6) is 0 Å². The van der Waals surface area contributed by atoms with Gasteiger partial charge in [0.15, 0.2) is 0 Å². The third kappa shape index (κ3) is 36.6. The van der Waals surface area contributed by atoms with Gasteiger partial charge in [-0.25, -0.2) is 4.79 Å². The van der Waals surface area contributed by atoms with Crippen LogP contribution in [0, 0.1) is 0 Å². The first-order valence-electron chi connectivity index (χ1n) is 14.8. The molecule has 14 nitrogen and oxygen atoms in total. The van der Waals surface area contributed by atoms with Crippen LogP contribution in [0.4, 0.5) is 0 Å². The van der Waals surface area contributed by atoms with Gasteiger partial charge in [-0.3, -0.25) is 4.79 Å². The Morgan fingerprint density at radius 2 is 0.714 bits per heavy atom. The Morgan fingerprint density at radius 1 is 0.429 bits per heavy atom. The summed E-state index contributed by atoms with van der Waals surface area (Å²) in [6, 6.07) is 0. The molecule has 0 unspecified atom stereocenters. The number of ether oxygens (including phenoxy) is 11. The van der Waals surface area contributed by atoms with Crippen molar-refractivity contribution in [3.63, 3.8) is 0 Å². The van der Waals surface area contributed by atoms with Crippen molar-refractivity contribution in [3.05, 3.63) is 0 Å². The molecule has 0 aromatic heterocycles. The first-order chi connectivity index (χ1) is 20.7. The van der Waals surface area contributed by atoms with Crippen LogP contribution in [0.3, 0.4) is 0 Å². The Hall–Kier alpha value is -1.46. The van der Waals surface area contributed by atoms with Crippen LogP contribution in [0.2, 0.25) is 0 Å². The van der Waals surface area contributed by atoms with Crippen molar-refractivity contribution >= 4 is 11.9 Å². The minimum atomic E-state index is -0.998. The van der Waals surface area contributed by atoms with Crippen LogP contribution < -0.4 is 0 Å². The molecular weight excluding hydrogens is 560 g/mol. The lowest BCUT2D eigenvalue weighted by Gasteiger charge is -2.09. The molecule has 0 saturated carbocycles. The summed E-state index contributed by atoms with van der Waals surface area (Å²) in [5.74, 6) is -1.16. The number of esters is 1. The summed E-state index contributed by atoms with van der Waals surface area (Å²) in [4.78, 5) is 21.7. The van der Waals surface area contributed by atoms with E-state index in [0.29, 0.717) is 125 Å². The molecule has 42 heavy (non-hydrogen) atoms. The zero-order valence-corrected chi connectivity index (χ0v) is 25.4. The third-order valence-corrected chi connectivity index (χ3v) is 5.05. The van der Waals surface area contributed by atoms with Crippen molar-refractivity contribution in [3.8, 4) is 0 Å². The first-order valence-corrected chi connectivity index (χ1v) is 14.8. The maximum Gasteiger partial charge on any atom is 0.329 e. The maximum atomic E-state index is 11.4. The zero-order chi connectivity index (χ0) is 30.6.